The summed E-state index contributed by atoms with van der Waals surface area (Å²) in [6, 6.07) is 6.45. The van der Waals surface area contributed by atoms with Crippen LogP contribution in [0, 0.1) is 11.7 Å². The Kier molecular flexibility index (Phi) is 4.71. The molecule has 1 aromatic carbocycles. The molecule has 0 aromatic heterocycles. The van der Waals surface area contributed by atoms with Gasteiger partial charge in [0.1, 0.15) is 5.82 Å². The predicted octanol–water partition coefficient (Wildman–Crippen LogP) is 1.93. The van der Waals surface area contributed by atoms with Gasteiger partial charge in [-0.1, -0.05) is 19.1 Å². The number of rotatable bonds is 1. The maximum atomic E-state index is 12.8. The molecule has 1 aromatic rings. The van der Waals surface area contributed by atoms with Crippen LogP contribution in [0.15, 0.2) is 24.3 Å². The third-order valence-electron chi connectivity index (χ3n) is 3.10. The first kappa shape index (κ1) is 13.4. The number of nitrogens with one attached hydrogen (secondary N) is 1. The van der Waals surface area contributed by atoms with Gasteiger partial charge in [0.2, 0.25) is 0 Å². The molecule has 1 saturated heterocycles. The van der Waals surface area contributed by atoms with E-state index in [9.17, 15) is 9.50 Å². The van der Waals surface area contributed by atoms with Crippen LogP contribution < -0.4 is 5.32 Å². The zero-order chi connectivity index (χ0) is 10.8. The zero-order valence-corrected chi connectivity index (χ0v) is 10.0. The van der Waals surface area contributed by atoms with E-state index in [1.807, 2.05) is 0 Å². The van der Waals surface area contributed by atoms with E-state index in [4.69, 9.17) is 0 Å². The van der Waals surface area contributed by atoms with Gasteiger partial charge in [0.25, 0.3) is 0 Å². The lowest BCUT2D eigenvalue weighted by Crippen LogP contribution is -2.44. The van der Waals surface area contributed by atoms with Crippen molar-refractivity contribution in [2.45, 2.75) is 18.9 Å². The fourth-order valence-corrected chi connectivity index (χ4v) is 2.33. The van der Waals surface area contributed by atoms with E-state index < -0.39 is 0 Å². The van der Waals surface area contributed by atoms with Gasteiger partial charge in [-0.2, -0.15) is 0 Å². The second kappa shape index (κ2) is 5.62. The van der Waals surface area contributed by atoms with Gasteiger partial charge in [0, 0.05) is 12.5 Å². The summed E-state index contributed by atoms with van der Waals surface area (Å²) in [4.78, 5) is 0. The normalized spacial score (nSPS) is 29.6. The number of halogens is 2. The molecule has 0 aliphatic carbocycles. The highest BCUT2D eigenvalue weighted by Gasteiger charge is 2.30. The van der Waals surface area contributed by atoms with Crippen molar-refractivity contribution in [1.82, 2.24) is 5.32 Å². The van der Waals surface area contributed by atoms with Crippen LogP contribution in [-0.2, 0) is 0 Å². The van der Waals surface area contributed by atoms with Crippen molar-refractivity contribution in [1.29, 1.82) is 0 Å². The molecule has 2 nitrogen and oxygen atoms in total. The standard InChI is InChI=1S/C12H16FNO.ClH/c1-8-6-14-7-11(15)12(8)9-2-4-10(13)5-3-9;/h2-5,8,11-12,14-15H,6-7H2,1H3;1H. The van der Waals surface area contributed by atoms with E-state index in [-0.39, 0.29) is 30.2 Å². The van der Waals surface area contributed by atoms with Gasteiger partial charge in [-0.05, 0) is 30.2 Å². The van der Waals surface area contributed by atoms with Crippen LogP contribution in [0.3, 0.4) is 0 Å². The Morgan fingerprint density at radius 2 is 1.88 bits per heavy atom. The molecule has 1 heterocycles. The molecule has 0 amide bonds. The molecule has 0 radical (unpaired) electrons. The first-order chi connectivity index (χ1) is 7.18. The molecule has 3 atom stereocenters. The maximum Gasteiger partial charge on any atom is 0.123 e. The zero-order valence-electron chi connectivity index (χ0n) is 9.19. The van der Waals surface area contributed by atoms with Gasteiger partial charge < -0.3 is 10.4 Å². The average molecular weight is 246 g/mol. The van der Waals surface area contributed by atoms with E-state index >= 15 is 0 Å². The molecule has 1 aliphatic rings. The largest absolute Gasteiger partial charge is 0.391 e. The Morgan fingerprint density at radius 1 is 1.25 bits per heavy atom. The summed E-state index contributed by atoms with van der Waals surface area (Å²) in [6.45, 7) is 3.62. The molecule has 3 unspecified atom stereocenters. The van der Waals surface area contributed by atoms with Gasteiger partial charge in [-0.15, -0.1) is 12.4 Å². The van der Waals surface area contributed by atoms with Gasteiger partial charge in [0.15, 0.2) is 0 Å². The van der Waals surface area contributed by atoms with Crippen molar-refractivity contribution in [3.05, 3.63) is 35.6 Å². The third-order valence-corrected chi connectivity index (χ3v) is 3.10. The number of hydrogen-bond acceptors (Lipinski definition) is 2. The van der Waals surface area contributed by atoms with Crippen molar-refractivity contribution in [3.63, 3.8) is 0 Å². The van der Waals surface area contributed by atoms with Crippen molar-refractivity contribution < 1.29 is 9.50 Å². The van der Waals surface area contributed by atoms with Crippen LogP contribution in [0.1, 0.15) is 18.4 Å². The highest BCUT2D eigenvalue weighted by molar-refractivity contribution is 5.85. The minimum absolute atomic E-state index is 0. The summed E-state index contributed by atoms with van der Waals surface area (Å²) in [6.07, 6.45) is -0.376. The van der Waals surface area contributed by atoms with Crippen molar-refractivity contribution >= 4 is 12.4 Å². The monoisotopic (exact) mass is 245 g/mol. The number of aliphatic hydroxyl groups excluding tert-OH is 1. The molecule has 90 valence electrons. The minimum Gasteiger partial charge on any atom is -0.391 e. The average Bonchev–Trinajstić information content (AvgIpc) is 2.20. The summed E-state index contributed by atoms with van der Waals surface area (Å²) in [5, 5.41) is 13.1. The Labute approximate surface area is 101 Å². The molecular weight excluding hydrogens is 229 g/mol. The maximum absolute atomic E-state index is 12.8. The molecular formula is C12H17ClFNO. The smallest absolute Gasteiger partial charge is 0.123 e. The van der Waals surface area contributed by atoms with E-state index in [2.05, 4.69) is 12.2 Å². The molecule has 0 bridgehead atoms. The van der Waals surface area contributed by atoms with Crippen molar-refractivity contribution in [2.24, 2.45) is 5.92 Å². The Bertz CT molecular complexity index is 320. The summed E-state index contributed by atoms with van der Waals surface area (Å²) < 4.78 is 12.8. The van der Waals surface area contributed by atoms with Crippen molar-refractivity contribution in [2.75, 3.05) is 13.1 Å². The third kappa shape index (κ3) is 2.73. The first-order valence-electron chi connectivity index (χ1n) is 5.32. The van der Waals surface area contributed by atoms with Gasteiger partial charge >= 0.3 is 0 Å². The molecule has 0 saturated carbocycles. The van der Waals surface area contributed by atoms with Crippen LogP contribution >= 0.6 is 12.4 Å². The van der Waals surface area contributed by atoms with E-state index in [0.29, 0.717) is 12.5 Å². The molecule has 1 fully saturated rings. The van der Waals surface area contributed by atoms with Crippen LogP contribution in [0.5, 0.6) is 0 Å². The van der Waals surface area contributed by atoms with Crippen LogP contribution in [0.4, 0.5) is 4.39 Å². The Balaban J connectivity index is 0.00000128. The highest BCUT2D eigenvalue weighted by Crippen LogP contribution is 2.30. The SMILES string of the molecule is CC1CNCC(O)C1c1ccc(F)cc1.Cl. The summed E-state index contributed by atoms with van der Waals surface area (Å²) in [5.41, 5.74) is 1.03. The Hall–Kier alpha value is -0.640. The molecule has 0 spiro atoms. The minimum atomic E-state index is -0.376. The number of piperidine rings is 1. The lowest BCUT2D eigenvalue weighted by molar-refractivity contribution is 0.0917. The second-order valence-electron chi connectivity index (χ2n) is 4.28. The number of aliphatic hydroxyl groups is 1. The van der Waals surface area contributed by atoms with Crippen LogP contribution in [0.25, 0.3) is 0 Å². The first-order valence-corrected chi connectivity index (χ1v) is 5.32. The molecule has 16 heavy (non-hydrogen) atoms. The van der Waals surface area contributed by atoms with E-state index in [1.165, 1.54) is 12.1 Å². The molecule has 1 aliphatic heterocycles. The van der Waals surface area contributed by atoms with Gasteiger partial charge in [-0.25, -0.2) is 4.39 Å². The molecule has 2 N–H and O–H groups in total. The van der Waals surface area contributed by atoms with Crippen LogP contribution in [0.2, 0.25) is 0 Å². The van der Waals surface area contributed by atoms with Crippen LogP contribution in [-0.4, -0.2) is 24.3 Å². The highest BCUT2D eigenvalue weighted by atomic mass is 35.5. The second-order valence-corrected chi connectivity index (χ2v) is 4.28. The summed E-state index contributed by atoms with van der Waals surface area (Å²) >= 11 is 0. The number of benzene rings is 1. The number of hydrogen-bond donors (Lipinski definition) is 2. The molecule has 2 rings (SSSR count). The van der Waals surface area contributed by atoms with Gasteiger partial charge in [-0.3, -0.25) is 0 Å². The van der Waals surface area contributed by atoms with E-state index in [0.717, 1.165) is 12.1 Å². The van der Waals surface area contributed by atoms with Crippen molar-refractivity contribution in [3.8, 4) is 0 Å². The fraction of sp³-hybridized carbons (Fsp3) is 0.500. The lowest BCUT2D eigenvalue weighted by Gasteiger charge is -2.34. The topological polar surface area (TPSA) is 32.3 Å². The quantitative estimate of drug-likeness (QED) is 0.793. The predicted molar refractivity (Wildman–Crippen MR) is 64.4 cm³/mol. The molecule has 4 heteroatoms. The van der Waals surface area contributed by atoms with E-state index in [1.54, 1.807) is 12.1 Å². The number of β-amino-alcohol motifs (C(OH)–C–C–N with tert-alkyl or cyclic N) is 1. The van der Waals surface area contributed by atoms with Gasteiger partial charge in [0.05, 0.1) is 6.10 Å². The fourth-order valence-electron chi connectivity index (χ4n) is 2.33. The Morgan fingerprint density at radius 3 is 2.44 bits per heavy atom. The summed E-state index contributed by atoms with van der Waals surface area (Å²) in [7, 11) is 0. The lowest BCUT2D eigenvalue weighted by atomic mass is 9.80. The summed E-state index contributed by atoms with van der Waals surface area (Å²) in [5.74, 6) is 0.265.